The fourth-order valence-electron chi connectivity index (χ4n) is 0.529. The van der Waals surface area contributed by atoms with E-state index in [1.54, 1.807) is 18.0 Å². The molecule has 10 heavy (non-hydrogen) atoms. The second-order valence-electron chi connectivity index (χ2n) is 1.85. The number of aryl methyl sites for hydroxylation is 1. The third-order valence-corrected chi connectivity index (χ3v) is 1.76. The van der Waals surface area contributed by atoms with Crippen LogP contribution >= 0.6 is 11.8 Å². The van der Waals surface area contributed by atoms with Crippen LogP contribution in [0.2, 0.25) is 0 Å². The highest BCUT2D eigenvalue weighted by molar-refractivity contribution is 7.99. The molecule has 0 N–H and O–H groups in total. The van der Waals surface area contributed by atoms with Crippen molar-refractivity contribution in [1.29, 1.82) is 0 Å². The molecule has 2 nitrogen and oxygen atoms in total. The molecule has 0 aliphatic rings. The van der Waals surface area contributed by atoms with Gasteiger partial charge in [-0.3, -0.25) is 0 Å². The number of thioether (sulfide) groups is 1. The molecule has 54 valence electrons. The minimum absolute atomic E-state index is 0.720. The lowest BCUT2D eigenvalue weighted by atomic mass is 10.6. The molecule has 0 bridgehead atoms. The second-order valence-corrected chi connectivity index (χ2v) is 2.83. The molecule has 0 aliphatic carbocycles. The first kappa shape index (κ1) is 7.41. The summed E-state index contributed by atoms with van der Waals surface area (Å²) in [6.07, 6.45) is 3.47. The van der Waals surface area contributed by atoms with Crippen molar-refractivity contribution in [2.24, 2.45) is 0 Å². The fraction of sp³-hybridized carbons (Fsp3) is 0.286. The van der Waals surface area contributed by atoms with E-state index in [1.165, 1.54) is 0 Å². The molecule has 1 heterocycles. The average molecular weight is 155 g/mol. The number of rotatable bonds is 3. The molecule has 0 amide bonds. The summed E-state index contributed by atoms with van der Waals surface area (Å²) in [5.41, 5.74) is 0.923. The predicted octanol–water partition coefficient (Wildman–Crippen LogP) is 2.26. The molecular weight excluding hydrogens is 146 g/mol. The van der Waals surface area contributed by atoms with Gasteiger partial charge < -0.3 is 4.42 Å². The topological polar surface area (TPSA) is 26.0 Å². The van der Waals surface area contributed by atoms with E-state index in [4.69, 9.17) is 4.42 Å². The van der Waals surface area contributed by atoms with Gasteiger partial charge in [-0.05, 0) is 6.92 Å². The van der Waals surface area contributed by atoms with Gasteiger partial charge >= 0.3 is 0 Å². The van der Waals surface area contributed by atoms with Crippen LogP contribution in [0.25, 0.3) is 0 Å². The van der Waals surface area contributed by atoms with Crippen LogP contribution in [0.15, 0.2) is 28.6 Å². The Bertz CT molecular complexity index is 219. The molecule has 1 aromatic heterocycles. The molecule has 0 spiro atoms. The summed E-state index contributed by atoms with van der Waals surface area (Å²) in [4.78, 5) is 4.10. The van der Waals surface area contributed by atoms with Crippen LogP contribution in [0, 0.1) is 6.92 Å². The normalized spacial score (nSPS) is 9.70. The fourth-order valence-corrected chi connectivity index (χ4v) is 1.11. The Hall–Kier alpha value is -0.700. The number of oxazole rings is 1. The minimum atomic E-state index is 0.720. The molecule has 0 aliphatic heterocycles. The smallest absolute Gasteiger partial charge is 0.256 e. The lowest BCUT2D eigenvalue weighted by Crippen LogP contribution is -1.72. The largest absolute Gasteiger partial charge is 0.440 e. The van der Waals surface area contributed by atoms with E-state index in [9.17, 15) is 0 Å². The van der Waals surface area contributed by atoms with Gasteiger partial charge in [-0.15, -0.1) is 6.58 Å². The van der Waals surface area contributed by atoms with Crippen molar-refractivity contribution in [3.63, 3.8) is 0 Å². The van der Waals surface area contributed by atoms with E-state index in [0.29, 0.717) is 0 Å². The monoisotopic (exact) mass is 155 g/mol. The highest BCUT2D eigenvalue weighted by Crippen LogP contribution is 2.15. The molecule has 0 radical (unpaired) electrons. The molecule has 1 rings (SSSR count). The first-order valence-corrected chi connectivity index (χ1v) is 3.97. The molecule has 0 saturated heterocycles. The first-order valence-electron chi connectivity index (χ1n) is 2.99. The summed E-state index contributed by atoms with van der Waals surface area (Å²) in [6.45, 7) is 5.50. The van der Waals surface area contributed by atoms with Crippen LogP contribution in [-0.2, 0) is 0 Å². The maximum Gasteiger partial charge on any atom is 0.256 e. The maximum absolute atomic E-state index is 5.07. The SMILES string of the molecule is C=CCSc1nc(C)co1. The minimum Gasteiger partial charge on any atom is -0.440 e. The molecular formula is C7H9NOS. The molecule has 0 aromatic carbocycles. The number of nitrogens with zero attached hydrogens (tertiary/aromatic N) is 1. The van der Waals surface area contributed by atoms with Gasteiger partial charge in [0, 0.05) is 5.75 Å². The van der Waals surface area contributed by atoms with Gasteiger partial charge in [0.2, 0.25) is 0 Å². The first-order chi connectivity index (χ1) is 4.83. The van der Waals surface area contributed by atoms with Crippen molar-refractivity contribution in [2.75, 3.05) is 5.75 Å². The van der Waals surface area contributed by atoms with Crippen LogP contribution in [0.3, 0.4) is 0 Å². The molecule has 1 aromatic rings. The summed E-state index contributed by atoms with van der Waals surface area (Å²) in [5, 5.41) is 0.720. The molecule has 3 heteroatoms. The van der Waals surface area contributed by atoms with Gasteiger partial charge in [0.1, 0.15) is 6.26 Å². The molecule has 0 atom stereocenters. The third-order valence-electron chi connectivity index (χ3n) is 0.923. The standard InChI is InChI=1S/C7H9NOS/c1-3-4-10-7-8-6(2)5-9-7/h3,5H,1,4H2,2H3. The van der Waals surface area contributed by atoms with E-state index >= 15 is 0 Å². The Kier molecular flexibility index (Phi) is 2.57. The lowest BCUT2D eigenvalue weighted by Gasteiger charge is -1.85. The number of hydrogen-bond donors (Lipinski definition) is 0. The molecule has 0 unspecified atom stereocenters. The third kappa shape index (κ3) is 1.92. The quantitative estimate of drug-likeness (QED) is 0.494. The van der Waals surface area contributed by atoms with Crippen molar-refractivity contribution >= 4 is 11.8 Å². The van der Waals surface area contributed by atoms with Crippen molar-refractivity contribution in [2.45, 2.75) is 12.1 Å². The van der Waals surface area contributed by atoms with Gasteiger partial charge in [-0.1, -0.05) is 17.8 Å². The van der Waals surface area contributed by atoms with Crippen LogP contribution in [-0.4, -0.2) is 10.7 Å². The van der Waals surface area contributed by atoms with Crippen molar-refractivity contribution < 1.29 is 4.42 Å². The van der Waals surface area contributed by atoms with Crippen molar-refractivity contribution in [1.82, 2.24) is 4.98 Å². The van der Waals surface area contributed by atoms with Gasteiger partial charge in [0.15, 0.2) is 0 Å². The highest BCUT2D eigenvalue weighted by Gasteiger charge is 1.97. The zero-order valence-electron chi connectivity index (χ0n) is 5.83. The summed E-state index contributed by atoms with van der Waals surface area (Å²) < 4.78 is 5.07. The van der Waals surface area contributed by atoms with Crippen LogP contribution in [0.1, 0.15) is 5.69 Å². The lowest BCUT2D eigenvalue weighted by molar-refractivity contribution is 0.454. The van der Waals surface area contributed by atoms with Crippen LogP contribution in [0.4, 0.5) is 0 Å². The molecule has 0 saturated carbocycles. The zero-order chi connectivity index (χ0) is 7.40. The van der Waals surface area contributed by atoms with E-state index in [-0.39, 0.29) is 0 Å². The van der Waals surface area contributed by atoms with Gasteiger partial charge in [-0.25, -0.2) is 4.98 Å². The zero-order valence-corrected chi connectivity index (χ0v) is 6.65. The van der Waals surface area contributed by atoms with E-state index in [2.05, 4.69) is 11.6 Å². The van der Waals surface area contributed by atoms with Gasteiger partial charge in [-0.2, -0.15) is 0 Å². The summed E-state index contributed by atoms with van der Waals surface area (Å²) in [5.74, 6) is 0.847. The molecule has 0 fully saturated rings. The summed E-state index contributed by atoms with van der Waals surface area (Å²) in [6, 6.07) is 0. The van der Waals surface area contributed by atoms with E-state index < -0.39 is 0 Å². The van der Waals surface area contributed by atoms with Crippen molar-refractivity contribution in [3.05, 3.63) is 24.6 Å². The van der Waals surface area contributed by atoms with Crippen LogP contribution < -0.4 is 0 Å². The Labute approximate surface area is 64.3 Å². The van der Waals surface area contributed by atoms with Crippen molar-refractivity contribution in [3.8, 4) is 0 Å². The Morgan fingerprint density at radius 1 is 1.90 bits per heavy atom. The van der Waals surface area contributed by atoms with Gasteiger partial charge in [0.05, 0.1) is 5.69 Å². The Morgan fingerprint density at radius 3 is 3.20 bits per heavy atom. The maximum atomic E-state index is 5.07. The van der Waals surface area contributed by atoms with E-state index in [0.717, 1.165) is 16.7 Å². The average Bonchev–Trinajstić information content (AvgIpc) is 2.31. The number of aromatic nitrogens is 1. The summed E-state index contributed by atoms with van der Waals surface area (Å²) >= 11 is 1.55. The second kappa shape index (κ2) is 3.46. The Balaban J connectivity index is 2.49. The predicted molar refractivity (Wildman–Crippen MR) is 42.2 cm³/mol. The summed E-state index contributed by atoms with van der Waals surface area (Å²) in [7, 11) is 0. The van der Waals surface area contributed by atoms with Crippen LogP contribution in [0.5, 0.6) is 0 Å². The van der Waals surface area contributed by atoms with Gasteiger partial charge in [0.25, 0.3) is 5.22 Å². The Morgan fingerprint density at radius 2 is 2.70 bits per heavy atom. The highest BCUT2D eigenvalue weighted by atomic mass is 32.2. The number of hydrogen-bond acceptors (Lipinski definition) is 3. The van der Waals surface area contributed by atoms with E-state index in [1.807, 2.05) is 13.0 Å².